The van der Waals surface area contributed by atoms with Crippen LogP contribution in [0.15, 0.2) is 0 Å². The van der Waals surface area contributed by atoms with E-state index < -0.39 is 27.6 Å². The van der Waals surface area contributed by atoms with Crippen molar-refractivity contribution in [2.75, 3.05) is 19.8 Å². The molecule has 3 heterocycles. The van der Waals surface area contributed by atoms with Crippen molar-refractivity contribution in [1.82, 2.24) is 4.31 Å². The van der Waals surface area contributed by atoms with Crippen LogP contribution in [0.25, 0.3) is 0 Å². The van der Waals surface area contributed by atoms with Crippen LogP contribution in [-0.4, -0.2) is 61.3 Å². The molecule has 0 saturated carbocycles. The summed E-state index contributed by atoms with van der Waals surface area (Å²) in [7, 11) is -3.42. The van der Waals surface area contributed by atoms with Gasteiger partial charge in [0.25, 0.3) is 0 Å². The lowest BCUT2D eigenvalue weighted by atomic mass is 9.82. The van der Waals surface area contributed by atoms with E-state index >= 15 is 0 Å². The van der Waals surface area contributed by atoms with E-state index in [2.05, 4.69) is 13.8 Å². The van der Waals surface area contributed by atoms with Gasteiger partial charge >= 0.3 is 0 Å². The maximum Gasteiger partial charge on any atom is 0.224 e. The Bertz CT molecular complexity index is 447. The molecule has 0 spiro atoms. The number of piperidine rings is 1. The van der Waals surface area contributed by atoms with Gasteiger partial charge in [-0.3, -0.25) is 0 Å². The van der Waals surface area contributed by atoms with Gasteiger partial charge in [-0.15, -0.1) is 0 Å². The molecule has 0 aromatic carbocycles. The predicted octanol–water partition coefficient (Wildman–Crippen LogP) is -0.221. The summed E-state index contributed by atoms with van der Waals surface area (Å²) in [6, 6.07) is -0.133. The van der Waals surface area contributed by atoms with Crippen molar-refractivity contribution in [2.24, 2.45) is 11.8 Å². The number of fused-ring (bicyclic) bond motifs is 2. The molecule has 0 unspecified atom stereocenters. The smallest absolute Gasteiger partial charge is 0.224 e. The highest BCUT2D eigenvalue weighted by molar-refractivity contribution is 7.89. The molecule has 6 nitrogen and oxygen atoms in total. The molecule has 3 aliphatic rings. The van der Waals surface area contributed by atoms with Crippen molar-refractivity contribution < 1.29 is 23.0 Å². The van der Waals surface area contributed by atoms with Crippen molar-refractivity contribution in [2.45, 2.75) is 43.9 Å². The summed E-state index contributed by atoms with van der Waals surface area (Å²) < 4.78 is 36.9. The Morgan fingerprint density at radius 3 is 2.47 bits per heavy atom. The third kappa shape index (κ3) is 2.03. The van der Waals surface area contributed by atoms with Gasteiger partial charge in [-0.25, -0.2) is 8.42 Å². The standard InChI is InChI=1S/C12H21NO5S/c1-7(2)10-3-8-4-18-12(11(10)14)13(8)19(15,16)9-5-17-6-9/h7-12,14H,3-6H2,1-2H3/t8-,10-,11-,12-/m0/s1. The lowest BCUT2D eigenvalue weighted by Crippen LogP contribution is -2.60. The number of hydrogen-bond acceptors (Lipinski definition) is 5. The molecule has 7 heteroatoms. The highest BCUT2D eigenvalue weighted by Crippen LogP contribution is 2.40. The van der Waals surface area contributed by atoms with Crippen LogP contribution in [-0.2, 0) is 19.5 Å². The van der Waals surface area contributed by atoms with E-state index in [1.54, 1.807) is 0 Å². The zero-order valence-corrected chi connectivity index (χ0v) is 12.0. The highest BCUT2D eigenvalue weighted by Gasteiger charge is 2.55. The van der Waals surface area contributed by atoms with Gasteiger partial charge in [0.05, 0.1) is 32.0 Å². The number of aliphatic hydroxyl groups is 1. The van der Waals surface area contributed by atoms with E-state index in [4.69, 9.17) is 9.47 Å². The molecule has 3 aliphatic heterocycles. The Hall–Kier alpha value is -0.210. The van der Waals surface area contributed by atoms with Gasteiger partial charge in [0.15, 0.2) is 0 Å². The van der Waals surface area contributed by atoms with Crippen molar-refractivity contribution in [3.63, 3.8) is 0 Å². The van der Waals surface area contributed by atoms with Crippen LogP contribution in [0.2, 0.25) is 0 Å². The molecule has 1 N–H and O–H groups in total. The first-order valence-corrected chi connectivity index (χ1v) is 8.33. The van der Waals surface area contributed by atoms with Gasteiger partial charge in [0, 0.05) is 0 Å². The number of aliphatic hydroxyl groups excluding tert-OH is 1. The topological polar surface area (TPSA) is 76.1 Å². The van der Waals surface area contributed by atoms with Crippen molar-refractivity contribution in [3.05, 3.63) is 0 Å². The molecule has 110 valence electrons. The molecular formula is C12H21NO5S. The Balaban J connectivity index is 1.86. The van der Waals surface area contributed by atoms with Gasteiger partial charge in [0.2, 0.25) is 10.0 Å². The Kier molecular flexibility index (Phi) is 3.38. The van der Waals surface area contributed by atoms with Gasteiger partial charge in [-0.05, 0) is 18.3 Å². The van der Waals surface area contributed by atoms with E-state index in [0.717, 1.165) is 0 Å². The summed E-state index contributed by atoms with van der Waals surface area (Å²) >= 11 is 0. The van der Waals surface area contributed by atoms with E-state index in [9.17, 15) is 13.5 Å². The van der Waals surface area contributed by atoms with E-state index in [-0.39, 0.29) is 25.2 Å². The van der Waals surface area contributed by atoms with E-state index in [1.165, 1.54) is 4.31 Å². The van der Waals surface area contributed by atoms with E-state index in [0.29, 0.717) is 18.9 Å². The largest absolute Gasteiger partial charge is 0.389 e. The molecule has 0 radical (unpaired) electrons. The van der Waals surface area contributed by atoms with Gasteiger partial charge in [0.1, 0.15) is 11.5 Å². The monoisotopic (exact) mass is 291 g/mol. The summed E-state index contributed by atoms with van der Waals surface area (Å²) in [5.74, 6) is 0.417. The third-order valence-corrected chi connectivity index (χ3v) is 6.73. The van der Waals surface area contributed by atoms with Crippen molar-refractivity contribution in [1.29, 1.82) is 0 Å². The van der Waals surface area contributed by atoms with Crippen LogP contribution < -0.4 is 0 Å². The Morgan fingerprint density at radius 1 is 1.26 bits per heavy atom. The average molecular weight is 291 g/mol. The quantitative estimate of drug-likeness (QED) is 0.778. The second-order valence-corrected chi connectivity index (χ2v) is 8.16. The summed E-state index contributed by atoms with van der Waals surface area (Å²) in [4.78, 5) is 0. The number of rotatable bonds is 3. The Morgan fingerprint density at radius 2 is 1.95 bits per heavy atom. The Labute approximate surface area is 113 Å². The average Bonchev–Trinajstić information content (AvgIpc) is 2.58. The maximum absolute atomic E-state index is 12.5. The van der Waals surface area contributed by atoms with E-state index in [1.807, 2.05) is 0 Å². The minimum absolute atomic E-state index is 0.0987. The lowest BCUT2D eigenvalue weighted by Gasteiger charge is -2.43. The van der Waals surface area contributed by atoms with Crippen LogP contribution >= 0.6 is 0 Å². The molecule has 4 atom stereocenters. The SMILES string of the molecule is CC(C)[C@@H]1C[C@H]2CO[C@@H]([C@H]1O)N2S(=O)(=O)C1COC1. The number of sulfonamides is 1. The summed E-state index contributed by atoms with van der Waals surface area (Å²) in [5.41, 5.74) is 0. The maximum atomic E-state index is 12.5. The van der Waals surface area contributed by atoms with Crippen molar-refractivity contribution in [3.8, 4) is 0 Å². The summed E-state index contributed by atoms with van der Waals surface area (Å²) in [6.07, 6.45) is -0.784. The summed E-state index contributed by atoms with van der Waals surface area (Å²) in [5, 5.41) is 9.90. The number of ether oxygens (including phenoxy) is 2. The number of nitrogens with zero attached hydrogens (tertiary/aromatic N) is 1. The second-order valence-electron chi connectivity index (χ2n) is 6.05. The number of hydrogen-bond donors (Lipinski definition) is 1. The first-order valence-electron chi connectivity index (χ1n) is 6.82. The van der Waals surface area contributed by atoms with Crippen LogP contribution in [0.5, 0.6) is 0 Å². The van der Waals surface area contributed by atoms with Crippen molar-refractivity contribution >= 4 is 10.0 Å². The third-order valence-electron chi connectivity index (χ3n) is 4.52. The summed E-state index contributed by atoms with van der Waals surface area (Å²) in [6.45, 7) is 5.00. The molecule has 3 fully saturated rings. The van der Waals surface area contributed by atoms with Gasteiger partial charge in [-0.1, -0.05) is 13.8 Å². The predicted molar refractivity (Wildman–Crippen MR) is 67.8 cm³/mol. The minimum atomic E-state index is -3.42. The second kappa shape index (κ2) is 4.66. The van der Waals surface area contributed by atoms with Crippen LogP contribution in [0.3, 0.4) is 0 Å². The molecule has 2 bridgehead atoms. The zero-order valence-electron chi connectivity index (χ0n) is 11.2. The zero-order chi connectivity index (χ0) is 13.8. The molecule has 0 aliphatic carbocycles. The van der Waals surface area contributed by atoms with Crippen LogP contribution in [0, 0.1) is 11.8 Å². The van der Waals surface area contributed by atoms with Gasteiger partial charge in [-0.2, -0.15) is 4.31 Å². The van der Waals surface area contributed by atoms with Crippen LogP contribution in [0.1, 0.15) is 20.3 Å². The molecule has 19 heavy (non-hydrogen) atoms. The molecule has 0 aromatic heterocycles. The minimum Gasteiger partial charge on any atom is -0.389 e. The molecule has 0 aromatic rings. The molecule has 0 amide bonds. The lowest BCUT2D eigenvalue weighted by molar-refractivity contribution is -0.0892. The first kappa shape index (κ1) is 13.8. The fourth-order valence-corrected chi connectivity index (χ4v) is 5.15. The van der Waals surface area contributed by atoms with Crippen LogP contribution in [0.4, 0.5) is 0 Å². The fourth-order valence-electron chi connectivity index (χ4n) is 3.23. The molecule has 3 rings (SSSR count). The fraction of sp³-hybridized carbons (Fsp3) is 1.00. The molecular weight excluding hydrogens is 270 g/mol. The van der Waals surface area contributed by atoms with Gasteiger partial charge < -0.3 is 14.6 Å². The molecule has 3 saturated heterocycles. The first-order chi connectivity index (χ1) is 8.93. The normalized spacial score (nSPS) is 40.6. The highest BCUT2D eigenvalue weighted by atomic mass is 32.2.